The van der Waals surface area contributed by atoms with Gasteiger partial charge >= 0.3 is 0 Å². The molecule has 8 heteroatoms. The number of rotatable bonds is 7. The number of pyridine rings is 2. The van der Waals surface area contributed by atoms with E-state index in [2.05, 4.69) is 36.9 Å². The molecule has 1 atom stereocenters. The molecular weight excluding hydrogens is 342 g/mol. The summed E-state index contributed by atoms with van der Waals surface area (Å²) in [6, 6.07) is 11.2. The molecule has 0 bridgehead atoms. The van der Waals surface area contributed by atoms with E-state index in [4.69, 9.17) is 4.74 Å². The SMILES string of the molecule is Cc1ccc(OCC(C)Nc2nc(Nc3cc(C)[nH]n3)ccc2C#N)cn1. The topological polar surface area (TPSA) is 112 Å². The van der Waals surface area contributed by atoms with Crippen molar-refractivity contribution in [3.05, 3.63) is 53.5 Å². The molecule has 3 N–H and O–H groups in total. The van der Waals surface area contributed by atoms with Crippen LogP contribution in [0.5, 0.6) is 5.75 Å². The van der Waals surface area contributed by atoms with E-state index in [-0.39, 0.29) is 6.04 Å². The Morgan fingerprint density at radius 3 is 2.74 bits per heavy atom. The smallest absolute Gasteiger partial charge is 0.153 e. The van der Waals surface area contributed by atoms with Crippen molar-refractivity contribution in [2.24, 2.45) is 0 Å². The lowest BCUT2D eigenvalue weighted by atomic mass is 10.2. The first-order valence-corrected chi connectivity index (χ1v) is 8.55. The molecule has 27 heavy (non-hydrogen) atoms. The maximum Gasteiger partial charge on any atom is 0.153 e. The standard InChI is InChI=1S/C19H21N7O/c1-12-4-6-16(10-21-12)27-11-14(3)22-19-15(9-20)5-7-17(24-19)23-18-8-13(2)25-26-18/h4-8,10,14H,11H2,1-3H3,(H3,22,23,24,25,26). The highest BCUT2D eigenvalue weighted by atomic mass is 16.5. The summed E-state index contributed by atoms with van der Waals surface area (Å²) in [6.45, 7) is 6.21. The second-order valence-corrected chi connectivity index (χ2v) is 6.26. The number of nitrogens with zero attached hydrogens (tertiary/aromatic N) is 4. The maximum atomic E-state index is 9.34. The number of aromatic nitrogens is 4. The van der Waals surface area contributed by atoms with Gasteiger partial charge in [-0.25, -0.2) is 4.98 Å². The Balaban J connectivity index is 1.65. The Hall–Kier alpha value is -3.60. The zero-order chi connectivity index (χ0) is 19.2. The van der Waals surface area contributed by atoms with Gasteiger partial charge in [0, 0.05) is 17.5 Å². The molecule has 8 nitrogen and oxygen atoms in total. The maximum absolute atomic E-state index is 9.34. The number of aryl methyl sites for hydroxylation is 2. The van der Waals surface area contributed by atoms with Crippen molar-refractivity contribution in [3.63, 3.8) is 0 Å². The summed E-state index contributed by atoms with van der Waals surface area (Å²) >= 11 is 0. The van der Waals surface area contributed by atoms with Crippen LogP contribution in [0.1, 0.15) is 23.9 Å². The third-order valence-corrected chi connectivity index (χ3v) is 3.75. The van der Waals surface area contributed by atoms with Crippen LogP contribution in [-0.2, 0) is 0 Å². The van der Waals surface area contributed by atoms with Gasteiger partial charge in [0.05, 0.1) is 17.8 Å². The minimum absolute atomic E-state index is 0.0613. The number of hydrogen-bond acceptors (Lipinski definition) is 7. The van der Waals surface area contributed by atoms with Crippen LogP contribution >= 0.6 is 0 Å². The van der Waals surface area contributed by atoms with Crippen LogP contribution in [0.4, 0.5) is 17.5 Å². The molecule has 0 amide bonds. The van der Waals surface area contributed by atoms with E-state index in [9.17, 15) is 5.26 Å². The summed E-state index contributed by atoms with van der Waals surface area (Å²) in [5.41, 5.74) is 2.34. The second kappa shape index (κ2) is 8.19. The third-order valence-electron chi connectivity index (χ3n) is 3.75. The number of hydrogen-bond donors (Lipinski definition) is 3. The highest BCUT2D eigenvalue weighted by molar-refractivity contribution is 5.60. The molecule has 0 saturated carbocycles. The van der Waals surface area contributed by atoms with Gasteiger partial charge in [-0.1, -0.05) is 0 Å². The van der Waals surface area contributed by atoms with Gasteiger partial charge in [-0.3, -0.25) is 10.1 Å². The van der Waals surface area contributed by atoms with Crippen molar-refractivity contribution in [1.82, 2.24) is 20.2 Å². The Morgan fingerprint density at radius 1 is 1.22 bits per heavy atom. The van der Waals surface area contributed by atoms with E-state index in [0.717, 1.165) is 11.4 Å². The third kappa shape index (κ3) is 4.95. The summed E-state index contributed by atoms with van der Waals surface area (Å²) in [6.07, 6.45) is 1.69. The summed E-state index contributed by atoms with van der Waals surface area (Å²) in [5, 5.41) is 22.7. The first-order chi connectivity index (χ1) is 13.0. The number of aromatic amines is 1. The molecular formula is C19H21N7O. The van der Waals surface area contributed by atoms with Gasteiger partial charge in [0.1, 0.15) is 30.1 Å². The minimum atomic E-state index is -0.0613. The van der Waals surface area contributed by atoms with Crippen LogP contribution in [0.25, 0.3) is 0 Å². The van der Waals surface area contributed by atoms with Crippen molar-refractivity contribution in [2.45, 2.75) is 26.8 Å². The average Bonchev–Trinajstić information content (AvgIpc) is 3.06. The van der Waals surface area contributed by atoms with Gasteiger partial charge < -0.3 is 15.4 Å². The minimum Gasteiger partial charge on any atom is -0.490 e. The number of anilines is 3. The van der Waals surface area contributed by atoms with Gasteiger partial charge in [-0.15, -0.1) is 0 Å². The molecule has 0 aliphatic heterocycles. The number of ether oxygens (including phenoxy) is 1. The Morgan fingerprint density at radius 2 is 2.07 bits per heavy atom. The van der Waals surface area contributed by atoms with E-state index in [1.807, 2.05) is 39.0 Å². The molecule has 3 heterocycles. The van der Waals surface area contributed by atoms with E-state index in [0.29, 0.717) is 35.4 Å². The molecule has 0 aliphatic rings. The van der Waals surface area contributed by atoms with Gasteiger partial charge in [-0.2, -0.15) is 10.4 Å². The van der Waals surface area contributed by atoms with Crippen molar-refractivity contribution >= 4 is 17.5 Å². The lowest BCUT2D eigenvalue weighted by molar-refractivity contribution is 0.302. The Labute approximate surface area is 157 Å². The molecule has 0 spiro atoms. The highest BCUT2D eigenvalue weighted by Crippen LogP contribution is 2.20. The quantitative estimate of drug-likeness (QED) is 0.590. The lowest BCUT2D eigenvalue weighted by Crippen LogP contribution is -2.24. The van der Waals surface area contributed by atoms with E-state index in [1.54, 1.807) is 18.3 Å². The molecule has 0 saturated heterocycles. The summed E-state index contributed by atoms with van der Waals surface area (Å²) < 4.78 is 5.73. The zero-order valence-corrected chi connectivity index (χ0v) is 15.4. The van der Waals surface area contributed by atoms with Crippen LogP contribution in [0.2, 0.25) is 0 Å². The molecule has 1 unspecified atom stereocenters. The summed E-state index contributed by atoms with van der Waals surface area (Å²) in [5.74, 6) is 2.46. The summed E-state index contributed by atoms with van der Waals surface area (Å²) in [7, 11) is 0. The van der Waals surface area contributed by atoms with Crippen LogP contribution in [0, 0.1) is 25.2 Å². The van der Waals surface area contributed by atoms with Gasteiger partial charge in [-0.05, 0) is 45.0 Å². The molecule has 3 aromatic rings. The van der Waals surface area contributed by atoms with Crippen LogP contribution in [0.3, 0.4) is 0 Å². The first-order valence-electron chi connectivity index (χ1n) is 8.55. The van der Waals surface area contributed by atoms with E-state index < -0.39 is 0 Å². The van der Waals surface area contributed by atoms with E-state index >= 15 is 0 Å². The molecule has 0 aromatic carbocycles. The lowest BCUT2D eigenvalue weighted by Gasteiger charge is -2.17. The Kier molecular flexibility index (Phi) is 5.52. The molecule has 3 rings (SSSR count). The van der Waals surface area contributed by atoms with E-state index in [1.165, 1.54) is 0 Å². The largest absolute Gasteiger partial charge is 0.490 e. The van der Waals surface area contributed by atoms with Crippen LogP contribution < -0.4 is 15.4 Å². The average molecular weight is 363 g/mol. The monoisotopic (exact) mass is 363 g/mol. The number of H-pyrrole nitrogens is 1. The fourth-order valence-corrected chi connectivity index (χ4v) is 2.38. The Bertz CT molecular complexity index is 943. The highest BCUT2D eigenvalue weighted by Gasteiger charge is 2.11. The fourth-order valence-electron chi connectivity index (χ4n) is 2.38. The summed E-state index contributed by atoms with van der Waals surface area (Å²) in [4.78, 5) is 8.69. The van der Waals surface area contributed by atoms with Crippen molar-refractivity contribution in [1.29, 1.82) is 5.26 Å². The molecule has 0 aliphatic carbocycles. The van der Waals surface area contributed by atoms with Crippen molar-refractivity contribution < 1.29 is 4.74 Å². The molecule has 0 radical (unpaired) electrons. The predicted octanol–water partition coefficient (Wildman–Crippen LogP) is 3.31. The van der Waals surface area contributed by atoms with Crippen LogP contribution in [0.15, 0.2) is 36.5 Å². The van der Waals surface area contributed by atoms with Gasteiger partial charge in [0.15, 0.2) is 5.82 Å². The second-order valence-electron chi connectivity index (χ2n) is 6.26. The number of nitrogens with one attached hydrogen (secondary N) is 3. The van der Waals surface area contributed by atoms with Crippen molar-refractivity contribution in [2.75, 3.05) is 17.2 Å². The normalized spacial score (nSPS) is 11.5. The van der Waals surface area contributed by atoms with Gasteiger partial charge in [0.2, 0.25) is 0 Å². The van der Waals surface area contributed by atoms with Crippen molar-refractivity contribution in [3.8, 4) is 11.8 Å². The predicted molar refractivity (Wildman–Crippen MR) is 103 cm³/mol. The molecule has 3 aromatic heterocycles. The molecule has 138 valence electrons. The van der Waals surface area contributed by atoms with Gasteiger partial charge in [0.25, 0.3) is 0 Å². The first kappa shape index (κ1) is 18.2. The molecule has 0 fully saturated rings. The fraction of sp³-hybridized carbons (Fsp3) is 0.263. The zero-order valence-electron chi connectivity index (χ0n) is 15.4. The number of nitriles is 1. The van der Waals surface area contributed by atoms with Crippen LogP contribution in [-0.4, -0.2) is 32.8 Å².